The van der Waals surface area contributed by atoms with Gasteiger partial charge in [-0.15, -0.1) is 0 Å². The minimum atomic E-state index is -0.577. The molecule has 5 nitrogen and oxygen atoms in total. The first kappa shape index (κ1) is 11.5. The van der Waals surface area contributed by atoms with E-state index in [1.807, 2.05) is 6.92 Å². The smallest absolute Gasteiger partial charge is 0.253 e. The van der Waals surface area contributed by atoms with Gasteiger partial charge in [0.05, 0.1) is 5.57 Å². The van der Waals surface area contributed by atoms with Crippen molar-refractivity contribution in [1.29, 1.82) is 0 Å². The molecule has 0 spiro atoms. The normalized spacial score (nSPS) is 12.8. The Bertz CT molecular complexity index is 232. The van der Waals surface area contributed by atoms with Gasteiger partial charge in [0, 0.05) is 19.8 Å². The number of amidine groups is 1. The minimum Gasteiger partial charge on any atom is -0.390 e. The molecule has 0 unspecified atom stereocenters. The molecule has 0 aromatic heterocycles. The van der Waals surface area contributed by atoms with Crippen LogP contribution in [0.25, 0.3) is 0 Å². The number of hydrogen-bond donors (Lipinski definition) is 3. The van der Waals surface area contributed by atoms with Crippen LogP contribution in [0.5, 0.6) is 0 Å². The molecule has 0 heterocycles. The number of primary amides is 1. The van der Waals surface area contributed by atoms with Crippen LogP contribution in [0.3, 0.4) is 0 Å². The molecule has 0 saturated heterocycles. The minimum absolute atomic E-state index is 0.149. The zero-order chi connectivity index (χ0) is 10.3. The molecule has 0 aromatic rings. The van der Waals surface area contributed by atoms with Crippen molar-refractivity contribution in [2.45, 2.75) is 13.3 Å². The first-order valence-electron chi connectivity index (χ1n) is 4.09. The second-order valence-electron chi connectivity index (χ2n) is 2.49. The molecule has 0 aliphatic carbocycles. The summed E-state index contributed by atoms with van der Waals surface area (Å²) >= 11 is 0. The highest BCUT2D eigenvalue weighted by atomic mass is 16.1. The SMILES string of the molecule is CCCN/C=C(/C(N)=O)C(N)=NC. The van der Waals surface area contributed by atoms with E-state index < -0.39 is 5.91 Å². The fourth-order valence-electron chi connectivity index (χ4n) is 0.710. The first-order chi connectivity index (χ1) is 6.13. The highest BCUT2D eigenvalue weighted by Gasteiger charge is 2.07. The van der Waals surface area contributed by atoms with Gasteiger partial charge in [-0.25, -0.2) is 0 Å². The van der Waals surface area contributed by atoms with Gasteiger partial charge in [-0.2, -0.15) is 0 Å². The van der Waals surface area contributed by atoms with Crippen molar-refractivity contribution in [3.05, 3.63) is 11.8 Å². The Labute approximate surface area is 77.9 Å². The number of carbonyl (C=O) groups excluding carboxylic acids is 1. The molecule has 0 bridgehead atoms. The fraction of sp³-hybridized carbons (Fsp3) is 0.500. The van der Waals surface area contributed by atoms with E-state index in [0.29, 0.717) is 0 Å². The summed E-state index contributed by atoms with van der Waals surface area (Å²) < 4.78 is 0. The third-order valence-electron chi connectivity index (χ3n) is 1.42. The number of carbonyl (C=O) groups is 1. The van der Waals surface area contributed by atoms with Gasteiger partial charge >= 0.3 is 0 Å². The standard InChI is InChI=1S/C8H16N4O/c1-3-4-12-5-6(8(10)13)7(9)11-2/h5,12H,3-4H2,1-2H3,(H2,9,11)(H2,10,13)/b6-5+. The highest BCUT2D eigenvalue weighted by molar-refractivity contribution is 6.19. The van der Waals surface area contributed by atoms with E-state index in [0.717, 1.165) is 13.0 Å². The van der Waals surface area contributed by atoms with Crippen LogP contribution in [-0.4, -0.2) is 25.3 Å². The van der Waals surface area contributed by atoms with E-state index in [-0.39, 0.29) is 11.4 Å². The molecule has 0 aromatic carbocycles. The molecule has 0 fully saturated rings. The molecule has 0 saturated carbocycles. The third-order valence-corrected chi connectivity index (χ3v) is 1.42. The largest absolute Gasteiger partial charge is 0.390 e. The van der Waals surface area contributed by atoms with Gasteiger partial charge in [0.2, 0.25) is 0 Å². The maximum Gasteiger partial charge on any atom is 0.253 e. The molecule has 5 N–H and O–H groups in total. The van der Waals surface area contributed by atoms with Gasteiger partial charge in [0.25, 0.3) is 5.91 Å². The molecule has 13 heavy (non-hydrogen) atoms. The second kappa shape index (κ2) is 6.05. The molecular formula is C8H16N4O. The van der Waals surface area contributed by atoms with Crippen LogP contribution in [-0.2, 0) is 4.79 Å². The van der Waals surface area contributed by atoms with E-state index in [9.17, 15) is 4.79 Å². The van der Waals surface area contributed by atoms with Gasteiger partial charge < -0.3 is 16.8 Å². The Kier molecular flexibility index (Phi) is 5.34. The van der Waals surface area contributed by atoms with Crippen molar-refractivity contribution in [3.8, 4) is 0 Å². The summed E-state index contributed by atoms with van der Waals surface area (Å²) in [5.41, 5.74) is 10.7. The average molecular weight is 184 g/mol. The van der Waals surface area contributed by atoms with Crippen molar-refractivity contribution in [2.24, 2.45) is 16.5 Å². The molecule has 0 rings (SSSR count). The zero-order valence-corrected chi connectivity index (χ0v) is 8.00. The Morgan fingerprint density at radius 1 is 1.54 bits per heavy atom. The average Bonchev–Trinajstić information content (AvgIpc) is 2.11. The number of nitrogens with zero attached hydrogens (tertiary/aromatic N) is 1. The van der Waals surface area contributed by atoms with E-state index in [4.69, 9.17) is 11.5 Å². The number of hydrogen-bond acceptors (Lipinski definition) is 3. The number of nitrogens with one attached hydrogen (secondary N) is 1. The Hall–Kier alpha value is -1.52. The van der Waals surface area contributed by atoms with Crippen molar-refractivity contribution >= 4 is 11.7 Å². The van der Waals surface area contributed by atoms with Crippen LogP contribution in [0.15, 0.2) is 16.8 Å². The fourth-order valence-corrected chi connectivity index (χ4v) is 0.710. The van der Waals surface area contributed by atoms with E-state index >= 15 is 0 Å². The lowest BCUT2D eigenvalue weighted by Crippen LogP contribution is -2.28. The summed E-state index contributed by atoms with van der Waals surface area (Å²) in [6, 6.07) is 0. The highest BCUT2D eigenvalue weighted by Crippen LogP contribution is 1.91. The quantitative estimate of drug-likeness (QED) is 0.229. The second-order valence-corrected chi connectivity index (χ2v) is 2.49. The lowest BCUT2D eigenvalue weighted by atomic mass is 10.2. The van der Waals surface area contributed by atoms with E-state index in [1.165, 1.54) is 13.2 Å². The summed E-state index contributed by atoms with van der Waals surface area (Å²) in [4.78, 5) is 14.5. The summed E-state index contributed by atoms with van der Waals surface area (Å²) in [6.07, 6.45) is 2.46. The molecule has 74 valence electrons. The van der Waals surface area contributed by atoms with Crippen LogP contribution in [0.1, 0.15) is 13.3 Å². The van der Waals surface area contributed by atoms with Gasteiger partial charge in [0.1, 0.15) is 5.84 Å². The third kappa shape index (κ3) is 4.15. The number of aliphatic imine (C=N–C) groups is 1. The summed E-state index contributed by atoms with van der Waals surface area (Å²) in [7, 11) is 1.51. The molecule has 0 aliphatic heterocycles. The van der Waals surface area contributed by atoms with Gasteiger partial charge in [-0.1, -0.05) is 6.92 Å². The Morgan fingerprint density at radius 3 is 2.54 bits per heavy atom. The Balaban J connectivity index is 4.42. The van der Waals surface area contributed by atoms with Crippen LogP contribution < -0.4 is 16.8 Å². The van der Waals surface area contributed by atoms with Crippen LogP contribution in [0.2, 0.25) is 0 Å². The van der Waals surface area contributed by atoms with E-state index in [1.54, 1.807) is 0 Å². The van der Waals surface area contributed by atoms with Crippen LogP contribution in [0.4, 0.5) is 0 Å². The van der Waals surface area contributed by atoms with Gasteiger partial charge in [-0.05, 0) is 6.42 Å². The van der Waals surface area contributed by atoms with Gasteiger partial charge in [0.15, 0.2) is 0 Å². The summed E-state index contributed by atoms with van der Waals surface area (Å²) in [5, 5.41) is 2.91. The number of amides is 1. The Morgan fingerprint density at radius 2 is 2.15 bits per heavy atom. The number of nitrogens with two attached hydrogens (primary N) is 2. The van der Waals surface area contributed by atoms with E-state index in [2.05, 4.69) is 10.3 Å². The predicted molar refractivity (Wildman–Crippen MR) is 53.1 cm³/mol. The molecule has 1 amide bonds. The van der Waals surface area contributed by atoms with Crippen molar-refractivity contribution in [2.75, 3.05) is 13.6 Å². The van der Waals surface area contributed by atoms with Crippen molar-refractivity contribution < 1.29 is 4.79 Å². The monoisotopic (exact) mass is 184 g/mol. The molecule has 0 aliphatic rings. The molecule has 0 atom stereocenters. The summed E-state index contributed by atoms with van der Waals surface area (Å²) in [6.45, 7) is 2.79. The summed E-state index contributed by atoms with van der Waals surface area (Å²) in [5.74, 6) is -0.428. The lowest BCUT2D eigenvalue weighted by molar-refractivity contribution is -0.114. The number of rotatable bonds is 5. The predicted octanol–water partition coefficient (Wildman–Crippen LogP) is -0.658. The zero-order valence-electron chi connectivity index (χ0n) is 8.00. The van der Waals surface area contributed by atoms with Crippen LogP contribution in [0, 0.1) is 0 Å². The maximum absolute atomic E-state index is 10.8. The molecular weight excluding hydrogens is 168 g/mol. The lowest BCUT2D eigenvalue weighted by Gasteiger charge is -2.02. The van der Waals surface area contributed by atoms with Crippen LogP contribution >= 0.6 is 0 Å². The van der Waals surface area contributed by atoms with Crippen molar-refractivity contribution in [1.82, 2.24) is 5.32 Å². The first-order valence-corrected chi connectivity index (χ1v) is 4.09. The van der Waals surface area contributed by atoms with Gasteiger partial charge in [-0.3, -0.25) is 9.79 Å². The maximum atomic E-state index is 10.8. The molecule has 0 radical (unpaired) electrons. The van der Waals surface area contributed by atoms with Crippen molar-refractivity contribution in [3.63, 3.8) is 0 Å². The topological polar surface area (TPSA) is 93.5 Å². The molecule has 5 heteroatoms.